The number of anilines is 2. The number of nitrogen functional groups attached to an aromatic ring is 1. The van der Waals surface area contributed by atoms with Gasteiger partial charge in [0.2, 0.25) is 0 Å². The number of H-pyrrole nitrogens is 1. The molecule has 1 amide bonds. The number of carbonyl (C=O) groups is 1. The maximum Gasteiger partial charge on any atom is 0.418 e. The number of ether oxygens (including phenoxy) is 1. The largest absolute Gasteiger partial charge is 0.418 e. The fraction of sp³-hybridized carbons (Fsp3) is 0.348. The van der Waals surface area contributed by atoms with Crippen LogP contribution in [0.2, 0.25) is 0 Å². The minimum atomic E-state index is -4.78. The second-order valence-electron chi connectivity index (χ2n) is 9.20. The van der Waals surface area contributed by atoms with Gasteiger partial charge in [0.1, 0.15) is 29.2 Å². The minimum absolute atomic E-state index is 0.0713. The highest BCUT2D eigenvalue weighted by atomic mass is 32.1. The number of hydrogen-bond acceptors (Lipinski definition) is 10. The third-order valence-electron chi connectivity index (χ3n) is 6.09. The summed E-state index contributed by atoms with van der Waals surface area (Å²) >= 11 is 1.03. The van der Waals surface area contributed by atoms with E-state index < -0.39 is 46.7 Å². The zero-order valence-electron chi connectivity index (χ0n) is 19.9. The number of aliphatic hydroxyl groups is 2. The zero-order valence-corrected chi connectivity index (χ0v) is 20.7. The van der Waals surface area contributed by atoms with E-state index in [1.54, 1.807) is 6.07 Å². The Hall–Kier alpha value is -3.66. The second kappa shape index (κ2) is 8.97. The van der Waals surface area contributed by atoms with E-state index in [1.165, 1.54) is 6.07 Å². The van der Waals surface area contributed by atoms with E-state index in [1.807, 2.05) is 0 Å². The van der Waals surface area contributed by atoms with Gasteiger partial charge < -0.3 is 25.7 Å². The Balaban J connectivity index is 1.49. The molecule has 3 aromatic heterocycles. The number of alkyl halides is 3. The Morgan fingerprint density at radius 3 is 2.63 bits per heavy atom. The van der Waals surface area contributed by atoms with Crippen LogP contribution in [-0.4, -0.2) is 54.7 Å². The summed E-state index contributed by atoms with van der Waals surface area (Å²) < 4.78 is 50.5. The molecule has 1 fully saturated rings. The molecule has 4 aromatic rings. The van der Waals surface area contributed by atoms with E-state index in [4.69, 9.17) is 10.5 Å². The van der Waals surface area contributed by atoms with Crippen LogP contribution in [0.3, 0.4) is 0 Å². The first-order valence-electron chi connectivity index (χ1n) is 11.3. The molecule has 15 heteroatoms. The van der Waals surface area contributed by atoms with Crippen molar-refractivity contribution >= 4 is 50.1 Å². The van der Waals surface area contributed by atoms with Gasteiger partial charge in [-0.3, -0.25) is 14.5 Å². The summed E-state index contributed by atoms with van der Waals surface area (Å²) in [6.07, 6.45) is -8.03. The van der Waals surface area contributed by atoms with E-state index in [0.29, 0.717) is 10.1 Å². The lowest BCUT2D eigenvalue weighted by Crippen LogP contribution is -2.51. The lowest BCUT2D eigenvalue weighted by Gasteiger charge is -2.34. The molecule has 0 radical (unpaired) electrons. The van der Waals surface area contributed by atoms with Crippen LogP contribution >= 0.6 is 11.5 Å². The number of nitrogens with zero attached hydrogens (tertiary/aromatic N) is 4. The van der Waals surface area contributed by atoms with Crippen molar-refractivity contribution in [2.45, 2.75) is 37.8 Å². The maximum atomic E-state index is 13.5. The average molecular weight is 551 g/mol. The zero-order chi connectivity index (χ0) is 27.6. The van der Waals surface area contributed by atoms with Crippen molar-refractivity contribution in [2.24, 2.45) is 0 Å². The minimum Gasteiger partial charge on any atom is -0.384 e. The highest BCUT2D eigenvalue weighted by Crippen LogP contribution is 2.37. The van der Waals surface area contributed by atoms with Crippen molar-refractivity contribution in [1.29, 1.82) is 0 Å². The Morgan fingerprint density at radius 2 is 1.95 bits per heavy atom. The normalized spacial score (nSPS) is 17.9. The first-order valence-corrected chi connectivity index (χ1v) is 12.0. The molecule has 5 rings (SSSR count). The summed E-state index contributed by atoms with van der Waals surface area (Å²) in [4.78, 5) is 37.9. The monoisotopic (exact) mass is 550 g/mol. The second-order valence-corrected chi connectivity index (χ2v) is 9.98. The number of aliphatic hydroxyl groups excluding tert-OH is 1. The summed E-state index contributed by atoms with van der Waals surface area (Å²) in [5, 5.41) is 22.1. The Morgan fingerprint density at radius 1 is 1.21 bits per heavy atom. The molecule has 1 saturated heterocycles. The predicted octanol–water partition coefficient (Wildman–Crippen LogP) is 2.22. The third-order valence-corrected chi connectivity index (χ3v) is 6.98. The van der Waals surface area contributed by atoms with Gasteiger partial charge in [-0.05, 0) is 49.6 Å². The summed E-state index contributed by atoms with van der Waals surface area (Å²) in [7, 11) is 0. The van der Waals surface area contributed by atoms with Crippen LogP contribution in [0, 0.1) is 0 Å². The van der Waals surface area contributed by atoms with Crippen molar-refractivity contribution < 1.29 is 32.9 Å². The number of nitrogens with two attached hydrogens (primary N) is 1. The van der Waals surface area contributed by atoms with Crippen molar-refractivity contribution in [3.63, 3.8) is 0 Å². The first kappa shape index (κ1) is 26.0. The van der Waals surface area contributed by atoms with Crippen LogP contribution in [0.15, 0.2) is 29.1 Å². The Labute approximate surface area is 215 Å². The Kier molecular flexibility index (Phi) is 6.13. The predicted molar refractivity (Wildman–Crippen MR) is 131 cm³/mol. The number of carbonyl (C=O) groups excluding carboxylic acids is 1. The third kappa shape index (κ3) is 4.36. The van der Waals surface area contributed by atoms with Gasteiger partial charge in [-0.25, -0.2) is 9.97 Å². The smallest absolute Gasteiger partial charge is 0.384 e. The molecule has 0 saturated carbocycles. The first-order chi connectivity index (χ1) is 17.8. The van der Waals surface area contributed by atoms with Gasteiger partial charge >= 0.3 is 6.18 Å². The van der Waals surface area contributed by atoms with Gasteiger partial charge in [-0.15, -0.1) is 0 Å². The lowest BCUT2D eigenvalue weighted by molar-refractivity contribution is -0.143. The summed E-state index contributed by atoms with van der Waals surface area (Å²) in [5.41, 5.74) is 1.72. The van der Waals surface area contributed by atoms with Gasteiger partial charge in [0.15, 0.2) is 6.10 Å². The highest BCUT2D eigenvalue weighted by Gasteiger charge is 2.41. The van der Waals surface area contributed by atoms with Gasteiger partial charge in [0, 0.05) is 5.39 Å². The maximum absolute atomic E-state index is 13.5. The van der Waals surface area contributed by atoms with Crippen LogP contribution < -0.4 is 16.2 Å². The molecule has 4 heterocycles. The summed E-state index contributed by atoms with van der Waals surface area (Å²) in [5.74, 6) is -0.949. The van der Waals surface area contributed by atoms with E-state index in [9.17, 15) is 33.0 Å². The number of aromatic amines is 1. The number of nitrogens with one attached hydrogen (secondary N) is 1. The molecule has 1 aliphatic rings. The molecule has 5 N–H and O–H groups in total. The molecule has 1 aliphatic heterocycles. The summed E-state index contributed by atoms with van der Waals surface area (Å²) in [6, 6.07) is 4.92. The fourth-order valence-electron chi connectivity index (χ4n) is 4.30. The molecule has 2 unspecified atom stereocenters. The van der Waals surface area contributed by atoms with Crippen molar-refractivity contribution in [1.82, 2.24) is 19.3 Å². The molecule has 38 heavy (non-hydrogen) atoms. The molecule has 0 spiro atoms. The quantitative estimate of drug-likeness (QED) is 0.298. The van der Waals surface area contributed by atoms with Crippen LogP contribution in [0.25, 0.3) is 21.0 Å². The molecular formula is C23H21F3N6O5S. The molecular weight excluding hydrogens is 529 g/mol. The lowest BCUT2D eigenvalue weighted by atomic mass is 9.98. The molecule has 2 atom stereocenters. The van der Waals surface area contributed by atoms with Gasteiger partial charge in [-0.2, -0.15) is 17.5 Å². The number of halogens is 3. The van der Waals surface area contributed by atoms with Crippen LogP contribution in [0.5, 0.6) is 0 Å². The number of hydrogen-bond donors (Lipinski definition) is 4. The number of fused-ring (bicyclic) bond motifs is 3. The SMILES string of the molecule is CC(C)(O)c1nc(N2CCOC(C(O)c3nc4ccc5c(N)nsc5c4c(=O)[nH]3)C2=O)ccc1C(F)(F)F. The average Bonchev–Trinajstić information content (AvgIpc) is 3.22. The number of amides is 1. The number of pyridine rings is 1. The fourth-order valence-corrected chi connectivity index (χ4v) is 5.15. The summed E-state index contributed by atoms with van der Waals surface area (Å²) in [6.45, 7) is 2.14. The van der Waals surface area contributed by atoms with E-state index in [2.05, 4.69) is 19.3 Å². The molecule has 200 valence electrons. The van der Waals surface area contributed by atoms with Crippen LogP contribution in [-0.2, 0) is 21.3 Å². The standard InChI is InChI=1S/C23H21F3N6O5S/c1-22(2,36)17-10(23(24,25)26)4-6-12(29-17)32-7-8-37-15(21(32)35)14(33)19-28-11-5-3-9-16(38-31-18(9)27)13(11)20(34)30-19/h3-6,14-15,33,36H,7-8H2,1-2H3,(H2,27,31)(H,28,30,34). The van der Waals surface area contributed by atoms with Gasteiger partial charge in [-0.1, -0.05) is 0 Å². The number of benzene rings is 1. The van der Waals surface area contributed by atoms with E-state index in [-0.39, 0.29) is 41.5 Å². The molecule has 0 aliphatic carbocycles. The number of aromatic nitrogens is 4. The molecule has 0 bridgehead atoms. The van der Waals surface area contributed by atoms with Gasteiger partial charge in [0.25, 0.3) is 11.5 Å². The number of rotatable bonds is 4. The Bertz CT molecular complexity index is 1630. The van der Waals surface area contributed by atoms with E-state index >= 15 is 0 Å². The van der Waals surface area contributed by atoms with Crippen molar-refractivity contribution in [2.75, 3.05) is 23.8 Å². The number of morpholine rings is 1. The van der Waals surface area contributed by atoms with Crippen molar-refractivity contribution in [3.05, 3.63) is 51.7 Å². The van der Waals surface area contributed by atoms with Crippen LogP contribution in [0.4, 0.5) is 24.8 Å². The topological polar surface area (TPSA) is 168 Å². The van der Waals surface area contributed by atoms with Crippen LogP contribution in [0.1, 0.15) is 37.0 Å². The highest BCUT2D eigenvalue weighted by molar-refractivity contribution is 7.14. The van der Waals surface area contributed by atoms with Gasteiger partial charge in [0.05, 0.1) is 40.0 Å². The van der Waals surface area contributed by atoms with Crippen molar-refractivity contribution in [3.8, 4) is 0 Å². The molecule has 1 aromatic carbocycles. The molecule has 11 nitrogen and oxygen atoms in total. The van der Waals surface area contributed by atoms with E-state index in [0.717, 1.165) is 42.4 Å².